The molecule has 55 heavy (non-hydrogen) atoms. The van der Waals surface area contributed by atoms with Crippen molar-refractivity contribution in [1.82, 2.24) is 0 Å². The maximum Gasteiger partial charge on any atom is 0.136 e. The Kier molecular flexibility index (Phi) is 7.39. The van der Waals surface area contributed by atoms with Gasteiger partial charge in [0.25, 0.3) is 0 Å². The molecule has 0 amide bonds. The van der Waals surface area contributed by atoms with Crippen molar-refractivity contribution in [3.05, 3.63) is 200 Å². The lowest BCUT2D eigenvalue weighted by Crippen LogP contribution is -2.12. The monoisotopic (exact) mass is 719 g/mol. The highest BCUT2D eigenvalue weighted by Crippen LogP contribution is 2.47. The van der Waals surface area contributed by atoms with Crippen LogP contribution in [0.1, 0.15) is 0 Å². The smallest absolute Gasteiger partial charge is 0.136 e. The number of benzene rings is 9. The van der Waals surface area contributed by atoms with E-state index < -0.39 is 0 Å². The van der Waals surface area contributed by atoms with Crippen molar-refractivity contribution < 1.29 is 4.42 Å². The maximum atomic E-state index is 6.41. The van der Waals surface area contributed by atoms with Crippen LogP contribution in [0.15, 0.2) is 205 Å². The lowest BCUT2D eigenvalue weighted by molar-refractivity contribution is 0.669. The van der Waals surface area contributed by atoms with E-state index in [0.717, 1.165) is 55.7 Å². The number of para-hydroxylation sites is 3. The molecule has 2 nitrogen and oxygen atoms in total. The number of thiophene rings is 1. The Bertz CT molecular complexity index is 3240. The van der Waals surface area contributed by atoms with E-state index in [1.807, 2.05) is 23.5 Å². The van der Waals surface area contributed by atoms with Crippen molar-refractivity contribution in [3.8, 4) is 33.4 Å². The minimum absolute atomic E-state index is 0.884. The summed E-state index contributed by atoms with van der Waals surface area (Å²) < 4.78 is 9.02. The van der Waals surface area contributed by atoms with Gasteiger partial charge in [0.05, 0.1) is 11.4 Å². The van der Waals surface area contributed by atoms with Crippen LogP contribution in [0.5, 0.6) is 0 Å². The van der Waals surface area contributed by atoms with Gasteiger partial charge in [-0.2, -0.15) is 0 Å². The summed E-state index contributed by atoms with van der Waals surface area (Å²) in [5.74, 6) is 0. The number of furan rings is 1. The van der Waals surface area contributed by atoms with Gasteiger partial charge in [-0.15, -0.1) is 11.3 Å². The molecule has 2 heterocycles. The first kappa shape index (κ1) is 31.6. The Morgan fingerprint density at radius 2 is 0.964 bits per heavy atom. The van der Waals surface area contributed by atoms with Crippen molar-refractivity contribution in [2.45, 2.75) is 0 Å². The van der Waals surface area contributed by atoms with Crippen molar-refractivity contribution in [1.29, 1.82) is 0 Å². The molecule has 0 fully saturated rings. The average molecular weight is 720 g/mol. The van der Waals surface area contributed by atoms with E-state index in [0.29, 0.717) is 0 Å². The highest BCUT2D eigenvalue weighted by molar-refractivity contribution is 7.26. The van der Waals surface area contributed by atoms with E-state index >= 15 is 0 Å². The minimum Gasteiger partial charge on any atom is -0.456 e. The fourth-order valence-electron chi connectivity index (χ4n) is 8.27. The molecule has 0 aliphatic heterocycles. The standard InChI is InChI=1S/C52H33NOS/c1-2-14-35-31-37(28-27-34(35)13-1)40-17-3-7-23-47(40)53(39-16-11-15-36(32-39)42-21-12-22-46-45-20-6-10-26-51(45)55-52(42)46)48-24-8-4-18-41(48)38-29-30-44-43-19-5-9-25-49(43)54-50(44)33-38/h1-33H. The summed E-state index contributed by atoms with van der Waals surface area (Å²) in [6.45, 7) is 0. The van der Waals surface area contributed by atoms with Gasteiger partial charge in [-0.05, 0) is 87.6 Å². The molecule has 0 spiro atoms. The predicted octanol–water partition coefficient (Wildman–Crippen LogP) is 15.6. The second kappa shape index (κ2) is 12.9. The molecule has 0 radical (unpaired) electrons. The van der Waals surface area contributed by atoms with Gasteiger partial charge in [-0.1, -0.05) is 146 Å². The Balaban J connectivity index is 1.14. The number of hydrogen-bond acceptors (Lipinski definition) is 3. The lowest BCUT2D eigenvalue weighted by atomic mass is 9.96. The molecule has 11 aromatic rings. The van der Waals surface area contributed by atoms with Gasteiger partial charge in [0, 0.05) is 47.8 Å². The Morgan fingerprint density at radius 3 is 1.82 bits per heavy atom. The van der Waals surface area contributed by atoms with Crippen LogP contribution >= 0.6 is 11.3 Å². The molecule has 0 atom stereocenters. The minimum atomic E-state index is 0.884. The molecule has 3 heteroatoms. The molecule has 0 bridgehead atoms. The summed E-state index contributed by atoms with van der Waals surface area (Å²) in [4.78, 5) is 2.44. The maximum absolute atomic E-state index is 6.41. The first-order valence-electron chi connectivity index (χ1n) is 18.7. The zero-order valence-corrected chi connectivity index (χ0v) is 30.6. The molecule has 0 N–H and O–H groups in total. The van der Waals surface area contributed by atoms with Gasteiger partial charge in [0.1, 0.15) is 11.2 Å². The molecule has 0 aliphatic rings. The Morgan fingerprint density at radius 1 is 0.364 bits per heavy atom. The van der Waals surface area contributed by atoms with Gasteiger partial charge in [0.2, 0.25) is 0 Å². The third-order valence-electron chi connectivity index (χ3n) is 10.9. The summed E-state index contributed by atoms with van der Waals surface area (Å²) in [5.41, 5.74) is 12.0. The number of anilines is 3. The topological polar surface area (TPSA) is 16.4 Å². The largest absolute Gasteiger partial charge is 0.456 e. The highest BCUT2D eigenvalue weighted by Gasteiger charge is 2.22. The van der Waals surface area contributed by atoms with Crippen LogP contribution in [0.4, 0.5) is 17.1 Å². The van der Waals surface area contributed by atoms with Crippen LogP contribution < -0.4 is 4.90 Å². The van der Waals surface area contributed by atoms with E-state index in [9.17, 15) is 0 Å². The van der Waals surface area contributed by atoms with Crippen molar-refractivity contribution in [2.24, 2.45) is 0 Å². The van der Waals surface area contributed by atoms with E-state index in [2.05, 4.69) is 193 Å². The molecular formula is C52H33NOS. The quantitative estimate of drug-likeness (QED) is 0.170. The lowest BCUT2D eigenvalue weighted by Gasteiger charge is -2.30. The van der Waals surface area contributed by atoms with E-state index in [1.54, 1.807) is 0 Å². The van der Waals surface area contributed by atoms with Crippen LogP contribution in [0.3, 0.4) is 0 Å². The fraction of sp³-hybridized carbons (Fsp3) is 0. The molecule has 0 saturated heterocycles. The first-order chi connectivity index (χ1) is 27.3. The zero-order chi connectivity index (χ0) is 36.3. The summed E-state index contributed by atoms with van der Waals surface area (Å²) in [5, 5.41) is 7.32. The SMILES string of the molecule is c1cc(-c2cccc3c2sc2ccccc23)cc(N(c2ccccc2-c2ccc3ccccc3c2)c2ccccc2-c2ccc3c(c2)oc2ccccc23)c1. The molecule has 9 aromatic carbocycles. The Labute approximate surface area is 322 Å². The van der Waals surface area contributed by atoms with Gasteiger partial charge in [-0.25, -0.2) is 0 Å². The zero-order valence-electron chi connectivity index (χ0n) is 29.8. The molecule has 0 unspecified atom stereocenters. The van der Waals surface area contributed by atoms with Crippen LogP contribution in [0.25, 0.3) is 86.3 Å². The third kappa shape index (κ3) is 5.32. The van der Waals surface area contributed by atoms with Crippen molar-refractivity contribution in [2.75, 3.05) is 4.90 Å². The summed E-state index contributed by atoms with van der Waals surface area (Å²) in [6, 6.07) is 72.3. The number of hydrogen-bond donors (Lipinski definition) is 0. The number of nitrogens with zero attached hydrogens (tertiary/aromatic N) is 1. The van der Waals surface area contributed by atoms with Crippen LogP contribution in [0, 0.1) is 0 Å². The molecule has 11 rings (SSSR count). The molecule has 0 saturated carbocycles. The third-order valence-corrected chi connectivity index (χ3v) is 12.1. The van der Waals surface area contributed by atoms with Crippen LogP contribution in [0.2, 0.25) is 0 Å². The second-order valence-electron chi connectivity index (χ2n) is 14.1. The fourth-order valence-corrected chi connectivity index (χ4v) is 9.51. The Hall–Kier alpha value is -6.94. The summed E-state index contributed by atoms with van der Waals surface area (Å²) in [6.07, 6.45) is 0. The molecular weight excluding hydrogens is 687 g/mol. The molecule has 258 valence electrons. The summed E-state index contributed by atoms with van der Waals surface area (Å²) in [7, 11) is 0. The van der Waals surface area contributed by atoms with Gasteiger partial charge < -0.3 is 9.32 Å². The van der Waals surface area contributed by atoms with E-state index in [4.69, 9.17) is 4.42 Å². The predicted molar refractivity (Wildman–Crippen MR) is 235 cm³/mol. The van der Waals surface area contributed by atoms with Crippen LogP contribution in [-0.4, -0.2) is 0 Å². The number of fused-ring (bicyclic) bond motifs is 7. The molecule has 2 aromatic heterocycles. The van der Waals surface area contributed by atoms with Gasteiger partial charge >= 0.3 is 0 Å². The van der Waals surface area contributed by atoms with E-state index in [1.165, 1.54) is 47.6 Å². The van der Waals surface area contributed by atoms with Crippen LogP contribution in [-0.2, 0) is 0 Å². The summed E-state index contributed by atoms with van der Waals surface area (Å²) >= 11 is 1.87. The second-order valence-corrected chi connectivity index (χ2v) is 15.1. The van der Waals surface area contributed by atoms with Crippen molar-refractivity contribution in [3.63, 3.8) is 0 Å². The average Bonchev–Trinajstić information content (AvgIpc) is 3.82. The molecule has 0 aliphatic carbocycles. The van der Waals surface area contributed by atoms with Gasteiger partial charge in [-0.3, -0.25) is 0 Å². The highest BCUT2D eigenvalue weighted by atomic mass is 32.1. The van der Waals surface area contributed by atoms with Crippen molar-refractivity contribution >= 4 is 81.3 Å². The van der Waals surface area contributed by atoms with Gasteiger partial charge in [0.15, 0.2) is 0 Å². The normalized spacial score (nSPS) is 11.6. The number of rotatable bonds is 6. The first-order valence-corrected chi connectivity index (χ1v) is 19.5. The van der Waals surface area contributed by atoms with E-state index in [-0.39, 0.29) is 0 Å².